The summed E-state index contributed by atoms with van der Waals surface area (Å²) in [5, 5.41) is 0. The number of para-hydroxylation sites is 1. The number of aldehydes is 1. The molecule has 17 heavy (non-hydrogen) atoms. The Bertz CT molecular complexity index is 462. The Morgan fingerprint density at radius 2 is 2.29 bits per heavy atom. The van der Waals surface area contributed by atoms with Crippen molar-refractivity contribution < 1.29 is 14.0 Å². The van der Waals surface area contributed by atoms with Gasteiger partial charge in [0, 0.05) is 12.1 Å². The summed E-state index contributed by atoms with van der Waals surface area (Å²) in [6, 6.07) is 3.75. The Morgan fingerprint density at radius 3 is 2.94 bits per heavy atom. The average Bonchev–Trinajstić information content (AvgIpc) is 2.77. The van der Waals surface area contributed by atoms with Crippen LogP contribution < -0.4 is 10.6 Å². The van der Waals surface area contributed by atoms with Crippen LogP contribution in [0, 0.1) is 5.82 Å². The molecule has 1 saturated heterocycles. The van der Waals surface area contributed by atoms with Crippen LogP contribution in [0.2, 0.25) is 0 Å². The zero-order chi connectivity index (χ0) is 12.4. The number of amides is 1. The summed E-state index contributed by atoms with van der Waals surface area (Å²) in [6.07, 6.45) is 1.96. The molecular formula is C12H13FN2O2. The zero-order valence-electron chi connectivity index (χ0n) is 9.23. The number of hydrogen-bond donors (Lipinski definition) is 1. The van der Waals surface area contributed by atoms with Crippen molar-refractivity contribution in [3.63, 3.8) is 0 Å². The summed E-state index contributed by atoms with van der Waals surface area (Å²) in [5.74, 6) is -0.981. The van der Waals surface area contributed by atoms with Crippen LogP contribution in [0.1, 0.15) is 23.2 Å². The molecule has 0 radical (unpaired) electrons. The minimum atomic E-state index is -0.523. The largest absolute Gasteiger partial charge is 0.368 e. The molecule has 1 heterocycles. The van der Waals surface area contributed by atoms with E-state index in [4.69, 9.17) is 5.73 Å². The first-order chi connectivity index (χ1) is 8.15. The fourth-order valence-corrected chi connectivity index (χ4v) is 2.26. The number of hydrogen-bond acceptors (Lipinski definition) is 3. The Labute approximate surface area is 98.2 Å². The number of rotatable bonds is 3. The molecule has 1 aliphatic heterocycles. The molecule has 1 amide bonds. The Hall–Kier alpha value is -1.91. The second-order valence-corrected chi connectivity index (χ2v) is 4.05. The molecule has 1 aliphatic rings. The van der Waals surface area contributed by atoms with Crippen molar-refractivity contribution in [2.24, 2.45) is 5.73 Å². The standard InChI is InChI=1S/C12H13FN2O2/c13-9-4-1-3-8(7-16)11(9)15-6-2-5-10(15)12(14)17/h1,3-4,7,10H,2,5-6H2,(H2,14,17). The third-order valence-electron chi connectivity index (χ3n) is 3.01. The number of halogens is 1. The Morgan fingerprint density at radius 1 is 1.53 bits per heavy atom. The SMILES string of the molecule is NC(=O)C1CCCN1c1c(F)cccc1C=O. The van der Waals surface area contributed by atoms with Crippen molar-refractivity contribution in [1.29, 1.82) is 0 Å². The van der Waals surface area contributed by atoms with Gasteiger partial charge in [-0.3, -0.25) is 9.59 Å². The highest BCUT2D eigenvalue weighted by atomic mass is 19.1. The van der Waals surface area contributed by atoms with Crippen molar-refractivity contribution in [3.05, 3.63) is 29.6 Å². The van der Waals surface area contributed by atoms with E-state index in [9.17, 15) is 14.0 Å². The van der Waals surface area contributed by atoms with Crippen LogP contribution in [0.15, 0.2) is 18.2 Å². The van der Waals surface area contributed by atoms with E-state index in [1.807, 2.05) is 0 Å². The zero-order valence-corrected chi connectivity index (χ0v) is 9.23. The van der Waals surface area contributed by atoms with E-state index in [1.54, 1.807) is 4.90 Å². The van der Waals surface area contributed by atoms with Gasteiger partial charge in [-0.2, -0.15) is 0 Å². The Balaban J connectivity index is 2.45. The van der Waals surface area contributed by atoms with Crippen molar-refractivity contribution in [3.8, 4) is 0 Å². The number of benzene rings is 1. The van der Waals surface area contributed by atoms with E-state index in [0.717, 1.165) is 6.42 Å². The van der Waals surface area contributed by atoms with Gasteiger partial charge in [-0.05, 0) is 25.0 Å². The van der Waals surface area contributed by atoms with Gasteiger partial charge in [0.05, 0.1) is 5.69 Å². The molecule has 1 atom stereocenters. The molecule has 1 aromatic carbocycles. The first-order valence-electron chi connectivity index (χ1n) is 5.45. The first kappa shape index (κ1) is 11.6. The lowest BCUT2D eigenvalue weighted by Gasteiger charge is -2.25. The molecule has 2 N–H and O–H groups in total. The van der Waals surface area contributed by atoms with Gasteiger partial charge in [0.25, 0.3) is 0 Å². The van der Waals surface area contributed by atoms with Crippen molar-refractivity contribution in [1.82, 2.24) is 0 Å². The van der Waals surface area contributed by atoms with E-state index in [0.29, 0.717) is 19.3 Å². The van der Waals surface area contributed by atoms with Crippen LogP contribution in [0.25, 0.3) is 0 Å². The molecule has 0 aromatic heterocycles. The van der Waals surface area contributed by atoms with Crippen molar-refractivity contribution in [2.75, 3.05) is 11.4 Å². The van der Waals surface area contributed by atoms with Gasteiger partial charge in [0.2, 0.25) is 5.91 Å². The predicted octanol–water partition coefficient (Wildman–Crippen LogP) is 1.09. The molecule has 1 fully saturated rings. The highest BCUT2D eigenvalue weighted by Crippen LogP contribution is 2.30. The average molecular weight is 236 g/mol. The predicted molar refractivity (Wildman–Crippen MR) is 61.3 cm³/mol. The van der Waals surface area contributed by atoms with E-state index in [1.165, 1.54) is 18.2 Å². The van der Waals surface area contributed by atoms with Gasteiger partial charge in [-0.15, -0.1) is 0 Å². The summed E-state index contributed by atoms with van der Waals surface area (Å²) in [6.45, 7) is 0.537. The van der Waals surface area contributed by atoms with Gasteiger partial charge in [0.1, 0.15) is 11.9 Å². The van der Waals surface area contributed by atoms with Gasteiger partial charge in [-0.25, -0.2) is 4.39 Å². The molecule has 1 aromatic rings. The molecular weight excluding hydrogens is 223 g/mol. The Kier molecular flexibility index (Phi) is 3.08. The van der Waals surface area contributed by atoms with Crippen LogP contribution in [0.4, 0.5) is 10.1 Å². The maximum atomic E-state index is 13.8. The summed E-state index contributed by atoms with van der Waals surface area (Å²) in [5.41, 5.74) is 5.71. The molecule has 1 unspecified atom stereocenters. The second kappa shape index (κ2) is 4.53. The van der Waals surface area contributed by atoms with Gasteiger partial charge in [0.15, 0.2) is 6.29 Å². The summed E-state index contributed by atoms with van der Waals surface area (Å²) >= 11 is 0. The molecule has 4 nitrogen and oxygen atoms in total. The number of nitrogens with two attached hydrogens (primary N) is 1. The second-order valence-electron chi connectivity index (χ2n) is 4.05. The molecule has 0 saturated carbocycles. The third-order valence-corrected chi connectivity index (χ3v) is 3.01. The van der Waals surface area contributed by atoms with E-state index in [-0.39, 0.29) is 11.3 Å². The van der Waals surface area contributed by atoms with E-state index < -0.39 is 17.8 Å². The lowest BCUT2D eigenvalue weighted by atomic mass is 10.1. The van der Waals surface area contributed by atoms with E-state index >= 15 is 0 Å². The summed E-state index contributed by atoms with van der Waals surface area (Å²) in [4.78, 5) is 23.8. The molecule has 0 aliphatic carbocycles. The number of anilines is 1. The number of nitrogens with zero attached hydrogens (tertiary/aromatic N) is 1. The molecule has 0 spiro atoms. The monoisotopic (exact) mass is 236 g/mol. The normalized spacial score (nSPS) is 19.4. The lowest BCUT2D eigenvalue weighted by Crippen LogP contribution is -2.41. The minimum absolute atomic E-state index is 0.184. The van der Waals surface area contributed by atoms with Crippen LogP contribution in [0.5, 0.6) is 0 Å². The maximum absolute atomic E-state index is 13.8. The summed E-state index contributed by atoms with van der Waals surface area (Å²) < 4.78 is 13.8. The smallest absolute Gasteiger partial charge is 0.240 e. The van der Waals surface area contributed by atoms with Crippen LogP contribution in [-0.2, 0) is 4.79 Å². The van der Waals surface area contributed by atoms with Gasteiger partial charge in [-0.1, -0.05) is 6.07 Å². The molecule has 90 valence electrons. The highest BCUT2D eigenvalue weighted by molar-refractivity contribution is 5.89. The fourth-order valence-electron chi connectivity index (χ4n) is 2.26. The van der Waals surface area contributed by atoms with Crippen LogP contribution >= 0.6 is 0 Å². The minimum Gasteiger partial charge on any atom is -0.368 e. The summed E-state index contributed by atoms with van der Waals surface area (Å²) in [7, 11) is 0. The maximum Gasteiger partial charge on any atom is 0.240 e. The molecule has 5 heteroatoms. The number of carbonyl (C=O) groups is 2. The van der Waals surface area contributed by atoms with E-state index in [2.05, 4.69) is 0 Å². The lowest BCUT2D eigenvalue weighted by molar-refractivity contribution is -0.119. The molecule has 2 rings (SSSR count). The van der Waals surface area contributed by atoms with Gasteiger partial charge < -0.3 is 10.6 Å². The topological polar surface area (TPSA) is 63.4 Å². The number of carbonyl (C=O) groups excluding carboxylic acids is 2. The molecule has 0 bridgehead atoms. The fraction of sp³-hybridized carbons (Fsp3) is 0.333. The first-order valence-corrected chi connectivity index (χ1v) is 5.45. The van der Waals surface area contributed by atoms with Crippen LogP contribution in [0.3, 0.4) is 0 Å². The van der Waals surface area contributed by atoms with Crippen LogP contribution in [-0.4, -0.2) is 24.8 Å². The van der Waals surface area contributed by atoms with Gasteiger partial charge >= 0.3 is 0 Å². The quantitative estimate of drug-likeness (QED) is 0.799. The third kappa shape index (κ3) is 2.00. The van der Waals surface area contributed by atoms with Crippen molar-refractivity contribution >= 4 is 17.9 Å². The number of primary amides is 1. The van der Waals surface area contributed by atoms with Crippen molar-refractivity contribution in [2.45, 2.75) is 18.9 Å². The highest BCUT2D eigenvalue weighted by Gasteiger charge is 2.31.